The number of nitrogens with one attached hydrogen (secondary N) is 1. The largest absolute Gasteiger partial charge is 0.447 e. The van der Waals surface area contributed by atoms with Gasteiger partial charge in [0.25, 0.3) is 0 Å². The Bertz CT molecular complexity index is 148. The molecule has 1 aliphatic rings. The molecule has 0 unspecified atom stereocenters. The zero-order chi connectivity index (χ0) is 7.78. The highest BCUT2D eigenvalue weighted by atomic mass is 16.6. The van der Waals surface area contributed by atoms with Gasteiger partial charge in [-0.25, -0.2) is 4.79 Å². The predicted molar refractivity (Wildman–Crippen MR) is 37.7 cm³/mol. The number of hydrogen-bond acceptors (Lipinski definition) is 2. The van der Waals surface area contributed by atoms with E-state index in [1.165, 1.54) is 0 Å². The van der Waals surface area contributed by atoms with Crippen molar-refractivity contribution in [1.82, 2.24) is 5.32 Å². The number of cyclic esters (lactones) is 1. The Labute approximate surface area is 60.7 Å². The van der Waals surface area contributed by atoms with Crippen LogP contribution in [0.5, 0.6) is 0 Å². The summed E-state index contributed by atoms with van der Waals surface area (Å²) in [5.74, 6) is 0. The number of alkyl carbamates (subject to hydrolysis) is 1. The van der Waals surface area contributed by atoms with Crippen LogP contribution in [0.1, 0.15) is 20.8 Å². The van der Waals surface area contributed by atoms with E-state index in [4.69, 9.17) is 4.74 Å². The highest BCUT2D eigenvalue weighted by Gasteiger charge is 2.32. The van der Waals surface area contributed by atoms with Gasteiger partial charge in [-0.1, -0.05) is 20.8 Å². The second-order valence-electron chi connectivity index (χ2n) is 3.66. The van der Waals surface area contributed by atoms with E-state index in [0.29, 0.717) is 6.61 Å². The minimum absolute atomic E-state index is 0.103. The minimum Gasteiger partial charge on any atom is -0.447 e. The Hall–Kier alpha value is -0.730. The molecule has 1 atom stereocenters. The lowest BCUT2D eigenvalue weighted by Gasteiger charge is -2.23. The van der Waals surface area contributed by atoms with E-state index >= 15 is 0 Å². The zero-order valence-corrected chi connectivity index (χ0v) is 6.60. The van der Waals surface area contributed by atoms with Crippen LogP contribution < -0.4 is 5.32 Å². The Morgan fingerprint density at radius 3 is 2.40 bits per heavy atom. The maximum atomic E-state index is 10.6. The molecule has 0 aromatic carbocycles. The number of carbonyl (C=O) groups is 1. The molecule has 58 valence electrons. The molecule has 3 heteroatoms. The van der Waals surface area contributed by atoms with Gasteiger partial charge in [0.15, 0.2) is 0 Å². The summed E-state index contributed by atoms with van der Waals surface area (Å²) in [5.41, 5.74) is 0.103. The van der Waals surface area contributed by atoms with Crippen molar-refractivity contribution >= 4 is 6.09 Å². The number of carbonyl (C=O) groups excluding carboxylic acids is 1. The van der Waals surface area contributed by atoms with Crippen LogP contribution in [0.2, 0.25) is 0 Å². The third kappa shape index (κ3) is 1.40. The highest BCUT2D eigenvalue weighted by Crippen LogP contribution is 2.21. The topological polar surface area (TPSA) is 38.3 Å². The maximum absolute atomic E-state index is 10.6. The van der Waals surface area contributed by atoms with E-state index in [9.17, 15) is 4.79 Å². The smallest absolute Gasteiger partial charge is 0.407 e. The van der Waals surface area contributed by atoms with E-state index in [1.807, 2.05) is 0 Å². The molecule has 1 rings (SSSR count). The molecule has 0 aliphatic carbocycles. The van der Waals surface area contributed by atoms with Crippen molar-refractivity contribution in [2.75, 3.05) is 6.61 Å². The van der Waals surface area contributed by atoms with E-state index in [-0.39, 0.29) is 17.6 Å². The van der Waals surface area contributed by atoms with Gasteiger partial charge in [-0.3, -0.25) is 0 Å². The molecule has 0 bridgehead atoms. The third-order valence-electron chi connectivity index (χ3n) is 1.72. The van der Waals surface area contributed by atoms with Gasteiger partial charge in [-0.2, -0.15) is 0 Å². The molecular weight excluding hydrogens is 130 g/mol. The second-order valence-corrected chi connectivity index (χ2v) is 3.66. The van der Waals surface area contributed by atoms with Gasteiger partial charge in [0.1, 0.15) is 6.61 Å². The lowest BCUT2D eigenvalue weighted by Crippen LogP contribution is -2.38. The average Bonchev–Trinajstić information content (AvgIpc) is 2.11. The zero-order valence-electron chi connectivity index (χ0n) is 6.60. The van der Waals surface area contributed by atoms with Gasteiger partial charge in [-0.15, -0.1) is 0 Å². The van der Waals surface area contributed by atoms with E-state index < -0.39 is 0 Å². The highest BCUT2D eigenvalue weighted by molar-refractivity contribution is 5.69. The molecule has 1 amide bonds. The van der Waals surface area contributed by atoms with Crippen molar-refractivity contribution in [1.29, 1.82) is 0 Å². The first kappa shape index (κ1) is 7.38. The first-order valence-corrected chi connectivity index (χ1v) is 3.43. The minimum atomic E-state index is -0.292. The van der Waals surface area contributed by atoms with E-state index in [2.05, 4.69) is 26.1 Å². The summed E-state index contributed by atoms with van der Waals surface area (Å²) in [4.78, 5) is 10.6. The fourth-order valence-electron chi connectivity index (χ4n) is 0.851. The van der Waals surface area contributed by atoms with Gasteiger partial charge >= 0.3 is 6.09 Å². The summed E-state index contributed by atoms with van der Waals surface area (Å²) in [6.07, 6.45) is -0.292. The summed E-state index contributed by atoms with van der Waals surface area (Å²) in [6, 6.07) is 0.167. The Kier molecular flexibility index (Phi) is 1.58. The summed E-state index contributed by atoms with van der Waals surface area (Å²) in [6.45, 7) is 6.73. The van der Waals surface area contributed by atoms with Crippen molar-refractivity contribution in [3.8, 4) is 0 Å². The van der Waals surface area contributed by atoms with Gasteiger partial charge in [0, 0.05) is 0 Å². The Morgan fingerprint density at radius 1 is 1.60 bits per heavy atom. The SMILES string of the molecule is CC(C)(C)[C@@H]1COC(=O)N1. The van der Waals surface area contributed by atoms with Crippen molar-refractivity contribution in [2.24, 2.45) is 5.41 Å². The van der Waals surface area contributed by atoms with Crippen LogP contribution in [-0.2, 0) is 4.74 Å². The molecule has 3 nitrogen and oxygen atoms in total. The van der Waals surface area contributed by atoms with Crippen LogP contribution in [0.4, 0.5) is 4.79 Å². The predicted octanol–water partition coefficient (Wildman–Crippen LogP) is 1.14. The van der Waals surface area contributed by atoms with Gasteiger partial charge < -0.3 is 10.1 Å². The van der Waals surface area contributed by atoms with Gasteiger partial charge in [0.05, 0.1) is 6.04 Å². The molecule has 0 radical (unpaired) electrons. The van der Waals surface area contributed by atoms with Crippen LogP contribution in [0.3, 0.4) is 0 Å². The number of ether oxygens (including phenoxy) is 1. The van der Waals surface area contributed by atoms with Crippen LogP contribution in [-0.4, -0.2) is 18.7 Å². The molecule has 0 aromatic rings. The van der Waals surface area contributed by atoms with Crippen molar-refractivity contribution in [2.45, 2.75) is 26.8 Å². The fraction of sp³-hybridized carbons (Fsp3) is 0.857. The van der Waals surface area contributed by atoms with Crippen molar-refractivity contribution < 1.29 is 9.53 Å². The summed E-state index contributed by atoms with van der Waals surface area (Å²) < 4.78 is 4.74. The lowest BCUT2D eigenvalue weighted by atomic mass is 9.88. The fourth-order valence-corrected chi connectivity index (χ4v) is 0.851. The number of hydrogen-bond donors (Lipinski definition) is 1. The van der Waals surface area contributed by atoms with Crippen LogP contribution in [0, 0.1) is 5.41 Å². The molecule has 10 heavy (non-hydrogen) atoms. The quantitative estimate of drug-likeness (QED) is 0.552. The summed E-state index contributed by atoms with van der Waals surface area (Å²) in [7, 11) is 0. The monoisotopic (exact) mass is 143 g/mol. The second kappa shape index (κ2) is 2.15. The lowest BCUT2D eigenvalue weighted by molar-refractivity contribution is 0.172. The average molecular weight is 143 g/mol. The van der Waals surface area contributed by atoms with Crippen LogP contribution in [0.25, 0.3) is 0 Å². The van der Waals surface area contributed by atoms with Crippen LogP contribution >= 0.6 is 0 Å². The molecule has 1 N–H and O–H groups in total. The maximum Gasteiger partial charge on any atom is 0.407 e. The molecule has 1 fully saturated rings. The van der Waals surface area contributed by atoms with Gasteiger partial charge in [-0.05, 0) is 5.41 Å². The van der Waals surface area contributed by atoms with Gasteiger partial charge in [0.2, 0.25) is 0 Å². The molecule has 1 heterocycles. The normalized spacial score (nSPS) is 25.9. The first-order valence-electron chi connectivity index (χ1n) is 3.43. The van der Waals surface area contributed by atoms with Crippen molar-refractivity contribution in [3.05, 3.63) is 0 Å². The van der Waals surface area contributed by atoms with E-state index in [0.717, 1.165) is 0 Å². The molecule has 1 saturated heterocycles. The first-order chi connectivity index (χ1) is 4.50. The Balaban J connectivity index is 2.53. The Morgan fingerprint density at radius 2 is 2.20 bits per heavy atom. The molecule has 0 aromatic heterocycles. The van der Waals surface area contributed by atoms with E-state index in [1.54, 1.807) is 0 Å². The van der Waals surface area contributed by atoms with Crippen molar-refractivity contribution in [3.63, 3.8) is 0 Å². The number of amides is 1. The van der Waals surface area contributed by atoms with Crippen LogP contribution in [0.15, 0.2) is 0 Å². The molecule has 1 aliphatic heterocycles. The molecule has 0 saturated carbocycles. The molecular formula is C7H13NO2. The summed E-state index contributed by atoms with van der Waals surface area (Å²) in [5, 5.41) is 2.73. The molecule has 0 spiro atoms. The number of rotatable bonds is 0. The standard InChI is InChI=1S/C7H13NO2/c1-7(2,3)5-4-10-6(9)8-5/h5H,4H2,1-3H3,(H,8,9)/t5-/m0/s1. The third-order valence-corrected chi connectivity index (χ3v) is 1.72. The summed E-state index contributed by atoms with van der Waals surface area (Å²) >= 11 is 0.